The third-order valence-corrected chi connectivity index (χ3v) is 1.59. The predicted molar refractivity (Wildman–Crippen MR) is 37.7 cm³/mol. The van der Waals surface area contributed by atoms with Gasteiger partial charge in [0.25, 0.3) is 10.1 Å². The summed E-state index contributed by atoms with van der Waals surface area (Å²) >= 11 is 0. The SMILES string of the molecule is CCOC(=O)CCS(=O)(=O)O. The minimum atomic E-state index is -4.04. The van der Waals surface area contributed by atoms with E-state index in [2.05, 4.69) is 4.74 Å². The van der Waals surface area contributed by atoms with Crippen molar-refractivity contribution in [1.82, 2.24) is 0 Å². The molecule has 0 aliphatic heterocycles. The number of hydrogen-bond acceptors (Lipinski definition) is 4. The molecule has 0 aliphatic carbocycles. The Morgan fingerprint density at radius 2 is 2.09 bits per heavy atom. The normalized spacial score (nSPS) is 11.1. The summed E-state index contributed by atoms with van der Waals surface area (Å²) in [5.41, 5.74) is 0. The zero-order valence-corrected chi connectivity index (χ0v) is 6.93. The third-order valence-electron chi connectivity index (χ3n) is 0.869. The molecule has 0 radical (unpaired) electrons. The first-order valence-electron chi connectivity index (χ1n) is 3.06. The van der Waals surface area contributed by atoms with Gasteiger partial charge in [0.2, 0.25) is 0 Å². The van der Waals surface area contributed by atoms with Crippen LogP contribution in [0.15, 0.2) is 0 Å². The number of carbonyl (C=O) groups excluding carboxylic acids is 1. The molecule has 0 bridgehead atoms. The molecule has 0 fully saturated rings. The van der Waals surface area contributed by atoms with E-state index >= 15 is 0 Å². The summed E-state index contributed by atoms with van der Waals surface area (Å²) in [5.74, 6) is -1.20. The van der Waals surface area contributed by atoms with E-state index in [9.17, 15) is 13.2 Å². The number of carbonyl (C=O) groups is 1. The number of rotatable bonds is 4. The van der Waals surface area contributed by atoms with Gasteiger partial charge in [-0.15, -0.1) is 0 Å². The lowest BCUT2D eigenvalue weighted by molar-refractivity contribution is -0.142. The summed E-state index contributed by atoms with van der Waals surface area (Å²) in [7, 11) is -4.04. The van der Waals surface area contributed by atoms with Crippen molar-refractivity contribution in [2.75, 3.05) is 12.4 Å². The van der Waals surface area contributed by atoms with Gasteiger partial charge in [-0.05, 0) is 6.92 Å². The Bertz CT molecular complexity index is 217. The largest absolute Gasteiger partial charge is 0.466 e. The van der Waals surface area contributed by atoms with Gasteiger partial charge in [0.05, 0.1) is 18.8 Å². The lowest BCUT2D eigenvalue weighted by Gasteiger charge is -1.98. The summed E-state index contributed by atoms with van der Waals surface area (Å²) in [6.07, 6.45) is -0.299. The van der Waals surface area contributed by atoms with Gasteiger partial charge in [-0.3, -0.25) is 9.35 Å². The van der Waals surface area contributed by atoms with Crippen LogP contribution < -0.4 is 0 Å². The van der Waals surface area contributed by atoms with Crippen molar-refractivity contribution in [3.63, 3.8) is 0 Å². The topological polar surface area (TPSA) is 80.7 Å². The zero-order valence-electron chi connectivity index (χ0n) is 6.11. The maximum Gasteiger partial charge on any atom is 0.306 e. The van der Waals surface area contributed by atoms with Crippen LogP contribution in [0.3, 0.4) is 0 Å². The van der Waals surface area contributed by atoms with Gasteiger partial charge in [-0.2, -0.15) is 8.42 Å². The summed E-state index contributed by atoms with van der Waals surface area (Å²) < 4.78 is 32.8. The molecule has 0 atom stereocenters. The molecule has 0 spiro atoms. The molecule has 0 heterocycles. The van der Waals surface area contributed by atoms with Gasteiger partial charge in [0.15, 0.2) is 0 Å². The maximum atomic E-state index is 10.5. The molecule has 0 amide bonds. The van der Waals surface area contributed by atoms with E-state index < -0.39 is 21.8 Å². The van der Waals surface area contributed by atoms with Crippen LogP contribution in [0.25, 0.3) is 0 Å². The Morgan fingerprint density at radius 3 is 2.45 bits per heavy atom. The summed E-state index contributed by atoms with van der Waals surface area (Å²) in [6, 6.07) is 0. The molecule has 0 aromatic rings. The van der Waals surface area contributed by atoms with Gasteiger partial charge >= 0.3 is 5.97 Å². The molecule has 0 aliphatic rings. The van der Waals surface area contributed by atoms with Gasteiger partial charge in [0.1, 0.15) is 0 Å². The molecule has 5 nitrogen and oxygen atoms in total. The molecule has 0 rings (SSSR count). The minimum Gasteiger partial charge on any atom is -0.466 e. The van der Waals surface area contributed by atoms with Crippen LogP contribution in [0.2, 0.25) is 0 Å². The summed E-state index contributed by atoms with van der Waals surface area (Å²) in [6.45, 7) is 1.83. The van der Waals surface area contributed by atoms with E-state index in [1.807, 2.05) is 0 Å². The fourth-order valence-electron chi connectivity index (χ4n) is 0.445. The molecule has 0 saturated heterocycles. The Kier molecular flexibility index (Phi) is 4.06. The van der Waals surface area contributed by atoms with Crippen molar-refractivity contribution in [1.29, 1.82) is 0 Å². The fourth-order valence-corrected chi connectivity index (χ4v) is 0.870. The van der Waals surface area contributed by atoms with E-state index in [4.69, 9.17) is 4.55 Å². The highest BCUT2D eigenvalue weighted by atomic mass is 32.2. The number of esters is 1. The second-order valence-corrected chi connectivity index (χ2v) is 3.41. The van der Waals surface area contributed by atoms with Crippen molar-refractivity contribution in [3.8, 4) is 0 Å². The molecular weight excluding hydrogens is 172 g/mol. The average Bonchev–Trinajstić information content (AvgIpc) is 1.83. The molecular formula is C5H10O5S. The first kappa shape index (κ1) is 10.4. The first-order valence-corrected chi connectivity index (χ1v) is 4.67. The number of ether oxygens (including phenoxy) is 1. The van der Waals surface area contributed by atoms with Gasteiger partial charge in [-0.25, -0.2) is 0 Å². The second-order valence-electron chi connectivity index (χ2n) is 1.84. The van der Waals surface area contributed by atoms with Crippen molar-refractivity contribution in [2.24, 2.45) is 0 Å². The van der Waals surface area contributed by atoms with Crippen molar-refractivity contribution < 1.29 is 22.5 Å². The molecule has 11 heavy (non-hydrogen) atoms. The lowest BCUT2D eigenvalue weighted by atomic mass is 10.5. The highest BCUT2D eigenvalue weighted by Crippen LogP contribution is 1.91. The molecule has 0 aromatic carbocycles. The lowest BCUT2D eigenvalue weighted by Crippen LogP contribution is -2.12. The monoisotopic (exact) mass is 182 g/mol. The van der Waals surface area contributed by atoms with Crippen LogP contribution in [-0.4, -0.2) is 31.3 Å². The Labute approximate surface area is 65.1 Å². The maximum absolute atomic E-state index is 10.5. The quantitative estimate of drug-likeness (QED) is 0.482. The van der Waals surface area contributed by atoms with E-state index in [1.54, 1.807) is 6.92 Å². The first-order chi connectivity index (χ1) is 4.95. The molecule has 0 aromatic heterocycles. The van der Waals surface area contributed by atoms with Crippen LogP contribution in [0.1, 0.15) is 13.3 Å². The molecule has 66 valence electrons. The summed E-state index contributed by atoms with van der Waals surface area (Å²) in [4.78, 5) is 10.5. The smallest absolute Gasteiger partial charge is 0.306 e. The molecule has 1 N–H and O–H groups in total. The Morgan fingerprint density at radius 1 is 1.55 bits per heavy atom. The predicted octanol–water partition coefficient (Wildman–Crippen LogP) is -0.173. The van der Waals surface area contributed by atoms with E-state index in [-0.39, 0.29) is 13.0 Å². The highest BCUT2D eigenvalue weighted by molar-refractivity contribution is 7.85. The molecule has 0 saturated carbocycles. The second kappa shape index (κ2) is 4.30. The van der Waals surface area contributed by atoms with E-state index in [0.717, 1.165) is 0 Å². The van der Waals surface area contributed by atoms with Crippen molar-refractivity contribution in [3.05, 3.63) is 0 Å². The van der Waals surface area contributed by atoms with Crippen LogP contribution in [0.4, 0.5) is 0 Å². The van der Waals surface area contributed by atoms with Crippen LogP contribution >= 0.6 is 0 Å². The number of hydrogen-bond donors (Lipinski definition) is 1. The Balaban J connectivity index is 3.64. The minimum absolute atomic E-state index is 0.213. The van der Waals surface area contributed by atoms with E-state index in [0.29, 0.717) is 0 Å². The summed E-state index contributed by atoms with van der Waals surface area (Å²) in [5, 5.41) is 0. The zero-order chi connectivity index (χ0) is 8.91. The van der Waals surface area contributed by atoms with Crippen molar-refractivity contribution >= 4 is 16.1 Å². The van der Waals surface area contributed by atoms with E-state index in [1.165, 1.54) is 0 Å². The standard InChI is InChI=1S/C5H10O5S/c1-2-10-5(6)3-4-11(7,8)9/h2-4H2,1H3,(H,7,8,9). The van der Waals surface area contributed by atoms with Gasteiger partial charge in [-0.1, -0.05) is 0 Å². The highest BCUT2D eigenvalue weighted by Gasteiger charge is 2.09. The van der Waals surface area contributed by atoms with Gasteiger partial charge < -0.3 is 4.74 Å². The fraction of sp³-hybridized carbons (Fsp3) is 0.800. The van der Waals surface area contributed by atoms with Crippen LogP contribution in [0.5, 0.6) is 0 Å². The third kappa shape index (κ3) is 7.27. The van der Waals surface area contributed by atoms with Crippen LogP contribution in [-0.2, 0) is 19.6 Å². The van der Waals surface area contributed by atoms with Gasteiger partial charge in [0, 0.05) is 0 Å². The van der Waals surface area contributed by atoms with Crippen molar-refractivity contribution in [2.45, 2.75) is 13.3 Å². The molecule has 0 unspecified atom stereocenters. The Hall–Kier alpha value is -0.620. The molecule has 6 heteroatoms. The van der Waals surface area contributed by atoms with Crippen LogP contribution in [0, 0.1) is 0 Å². The average molecular weight is 182 g/mol.